The number of halogens is 3. The molecule has 0 bridgehead atoms. The van der Waals surface area contributed by atoms with Crippen LogP contribution in [0.4, 0.5) is 13.2 Å². The number of hydrogen-bond acceptors (Lipinski definition) is 8. The van der Waals surface area contributed by atoms with Crippen molar-refractivity contribution in [3.8, 4) is 0 Å². The maximum atomic E-state index is 13.3. The van der Waals surface area contributed by atoms with Crippen LogP contribution in [0.3, 0.4) is 0 Å². The zero-order valence-electron chi connectivity index (χ0n) is 16.1. The highest BCUT2D eigenvalue weighted by molar-refractivity contribution is 6.24. The fourth-order valence-electron chi connectivity index (χ4n) is 2.91. The van der Waals surface area contributed by atoms with E-state index in [2.05, 4.69) is 18.9 Å². The number of fused-ring (bicyclic) bond motifs is 1. The van der Waals surface area contributed by atoms with Crippen LogP contribution in [-0.2, 0) is 25.1 Å². The van der Waals surface area contributed by atoms with E-state index in [9.17, 15) is 32.3 Å². The van der Waals surface area contributed by atoms with E-state index >= 15 is 0 Å². The first-order chi connectivity index (χ1) is 14.0. The minimum Gasteiger partial charge on any atom is -0.465 e. The lowest BCUT2D eigenvalue weighted by atomic mass is 9.87. The topological polar surface area (TPSA) is 105 Å². The summed E-state index contributed by atoms with van der Waals surface area (Å²) in [4.78, 5) is 49.8. The zero-order valence-corrected chi connectivity index (χ0v) is 16.1. The summed E-state index contributed by atoms with van der Waals surface area (Å²) in [6, 6.07) is 2.08. The van der Waals surface area contributed by atoms with Gasteiger partial charge in [0.05, 0.1) is 56.3 Å². The van der Waals surface area contributed by atoms with Crippen LogP contribution in [0.2, 0.25) is 0 Å². The third kappa shape index (κ3) is 3.78. The van der Waals surface area contributed by atoms with Crippen LogP contribution in [0.15, 0.2) is 18.2 Å². The lowest BCUT2D eigenvalue weighted by Gasteiger charge is -2.19. The summed E-state index contributed by atoms with van der Waals surface area (Å²) >= 11 is 0. The van der Waals surface area contributed by atoms with Crippen molar-refractivity contribution in [1.29, 1.82) is 0 Å². The van der Waals surface area contributed by atoms with E-state index < -0.39 is 63.3 Å². The van der Waals surface area contributed by atoms with Crippen LogP contribution in [-0.4, -0.2) is 52.3 Å². The number of methoxy groups -OCH3 is 4. The largest absolute Gasteiger partial charge is 0.465 e. The third-order valence-electron chi connectivity index (χ3n) is 4.19. The predicted octanol–water partition coefficient (Wildman–Crippen LogP) is 3.01. The molecule has 0 aliphatic carbocycles. The zero-order chi connectivity index (χ0) is 22.8. The molecule has 0 aliphatic heterocycles. The van der Waals surface area contributed by atoms with Crippen LogP contribution in [0.25, 0.3) is 10.8 Å². The van der Waals surface area contributed by atoms with Crippen molar-refractivity contribution < 1.29 is 51.3 Å². The Kier molecular flexibility index (Phi) is 6.34. The molecule has 0 spiro atoms. The molecular weight excluding hydrogens is 413 g/mol. The molecule has 11 heteroatoms. The van der Waals surface area contributed by atoms with Crippen molar-refractivity contribution >= 4 is 34.6 Å². The molecule has 0 saturated heterocycles. The Balaban J connectivity index is 3.27. The minimum absolute atomic E-state index is 0.261. The van der Waals surface area contributed by atoms with E-state index in [1.165, 1.54) is 0 Å². The van der Waals surface area contributed by atoms with Crippen LogP contribution < -0.4 is 0 Å². The van der Waals surface area contributed by atoms with Crippen LogP contribution in [0, 0.1) is 0 Å². The van der Waals surface area contributed by atoms with Crippen LogP contribution in [0.1, 0.15) is 47.0 Å². The van der Waals surface area contributed by atoms with E-state index in [0.717, 1.165) is 34.5 Å². The Hall–Kier alpha value is -3.63. The third-order valence-corrected chi connectivity index (χ3v) is 4.19. The van der Waals surface area contributed by atoms with Gasteiger partial charge in [0.1, 0.15) is 0 Å². The SMILES string of the molecule is COC(=O)c1c(C(=O)OC)c(C(=O)OC)c2cc(C(F)(F)F)ccc2c1C(=O)OC. The van der Waals surface area contributed by atoms with Crippen LogP contribution in [0.5, 0.6) is 0 Å². The van der Waals surface area contributed by atoms with E-state index in [1.807, 2.05) is 0 Å². The highest BCUT2D eigenvalue weighted by Crippen LogP contribution is 2.37. The molecule has 0 fully saturated rings. The summed E-state index contributed by atoms with van der Waals surface area (Å²) in [5.74, 6) is -4.88. The smallest absolute Gasteiger partial charge is 0.416 e. The monoisotopic (exact) mass is 428 g/mol. The number of rotatable bonds is 4. The molecule has 0 aliphatic rings. The second-order valence-corrected chi connectivity index (χ2v) is 5.72. The van der Waals surface area contributed by atoms with Gasteiger partial charge in [-0.15, -0.1) is 0 Å². The van der Waals surface area contributed by atoms with Gasteiger partial charge in [0.25, 0.3) is 0 Å². The number of benzene rings is 2. The summed E-state index contributed by atoms with van der Waals surface area (Å²) < 4.78 is 58.3. The average Bonchev–Trinajstić information content (AvgIpc) is 2.73. The van der Waals surface area contributed by atoms with Gasteiger partial charge in [0.2, 0.25) is 0 Å². The molecule has 30 heavy (non-hydrogen) atoms. The van der Waals surface area contributed by atoms with Gasteiger partial charge in [-0.3, -0.25) is 0 Å². The van der Waals surface area contributed by atoms with Crippen molar-refractivity contribution in [1.82, 2.24) is 0 Å². The van der Waals surface area contributed by atoms with E-state index in [4.69, 9.17) is 0 Å². The predicted molar refractivity (Wildman–Crippen MR) is 94.3 cm³/mol. The van der Waals surface area contributed by atoms with E-state index in [-0.39, 0.29) is 5.39 Å². The first kappa shape index (κ1) is 22.7. The van der Waals surface area contributed by atoms with Gasteiger partial charge in [-0.25, -0.2) is 19.2 Å². The van der Waals surface area contributed by atoms with Crippen molar-refractivity contribution in [2.75, 3.05) is 28.4 Å². The Labute approximate surface area is 167 Å². The average molecular weight is 428 g/mol. The number of esters is 4. The quantitative estimate of drug-likeness (QED) is 0.541. The van der Waals surface area contributed by atoms with E-state index in [0.29, 0.717) is 12.1 Å². The van der Waals surface area contributed by atoms with Gasteiger partial charge in [0.15, 0.2) is 0 Å². The Bertz CT molecular complexity index is 1060. The summed E-state index contributed by atoms with van der Waals surface area (Å²) in [5.41, 5.74) is -3.93. The van der Waals surface area contributed by atoms with Crippen LogP contribution >= 0.6 is 0 Å². The lowest BCUT2D eigenvalue weighted by Crippen LogP contribution is -2.23. The number of carbonyl (C=O) groups excluding carboxylic acids is 4. The van der Waals surface area contributed by atoms with Gasteiger partial charge in [-0.1, -0.05) is 6.07 Å². The molecule has 0 aromatic heterocycles. The molecule has 8 nitrogen and oxygen atoms in total. The highest BCUT2D eigenvalue weighted by Gasteiger charge is 2.37. The molecule has 2 rings (SSSR count). The summed E-state index contributed by atoms with van der Waals surface area (Å²) in [6.45, 7) is 0. The van der Waals surface area contributed by atoms with Gasteiger partial charge >= 0.3 is 30.1 Å². The second-order valence-electron chi connectivity index (χ2n) is 5.72. The maximum absolute atomic E-state index is 13.3. The second kappa shape index (κ2) is 8.39. The van der Waals surface area contributed by atoms with Gasteiger partial charge < -0.3 is 18.9 Å². The first-order valence-electron chi connectivity index (χ1n) is 8.07. The molecule has 0 heterocycles. The Morgan fingerprint density at radius 3 is 1.37 bits per heavy atom. The molecule has 0 saturated carbocycles. The summed E-state index contributed by atoms with van der Waals surface area (Å²) in [5, 5.41) is -0.728. The summed E-state index contributed by atoms with van der Waals surface area (Å²) in [7, 11) is 3.75. The normalized spacial score (nSPS) is 11.0. The first-order valence-corrected chi connectivity index (χ1v) is 8.07. The number of alkyl halides is 3. The van der Waals surface area contributed by atoms with Gasteiger partial charge in [0, 0.05) is 0 Å². The molecule has 0 atom stereocenters. The van der Waals surface area contributed by atoms with Crippen molar-refractivity contribution in [3.63, 3.8) is 0 Å². The molecule has 0 amide bonds. The number of carbonyl (C=O) groups is 4. The summed E-state index contributed by atoms with van der Waals surface area (Å²) in [6.07, 6.45) is -4.81. The van der Waals surface area contributed by atoms with Crippen molar-refractivity contribution in [2.24, 2.45) is 0 Å². The van der Waals surface area contributed by atoms with E-state index in [1.54, 1.807) is 0 Å². The molecule has 0 radical (unpaired) electrons. The Morgan fingerprint density at radius 1 is 0.633 bits per heavy atom. The molecular formula is C19H15F3O8. The fraction of sp³-hybridized carbons (Fsp3) is 0.263. The highest BCUT2D eigenvalue weighted by atomic mass is 19.4. The standard InChI is InChI=1S/C19H15F3O8/c1-27-15(23)11-9-6-5-8(19(20,21)22)7-10(9)12(16(24)28-2)14(18(26)30-4)13(11)17(25)29-3/h5-7H,1-4H3. The Morgan fingerprint density at radius 2 is 1.00 bits per heavy atom. The van der Waals surface area contributed by atoms with Crippen molar-refractivity contribution in [3.05, 3.63) is 46.0 Å². The van der Waals surface area contributed by atoms with Gasteiger partial charge in [-0.05, 0) is 22.9 Å². The minimum atomic E-state index is -4.81. The van der Waals surface area contributed by atoms with Crippen molar-refractivity contribution in [2.45, 2.75) is 6.18 Å². The molecule has 0 unspecified atom stereocenters. The molecule has 2 aromatic carbocycles. The molecule has 0 N–H and O–H groups in total. The number of ether oxygens (including phenoxy) is 4. The van der Waals surface area contributed by atoms with Gasteiger partial charge in [-0.2, -0.15) is 13.2 Å². The maximum Gasteiger partial charge on any atom is 0.416 e. The molecule has 160 valence electrons. The fourth-order valence-corrected chi connectivity index (χ4v) is 2.91. The number of hydrogen-bond donors (Lipinski definition) is 0. The lowest BCUT2D eigenvalue weighted by molar-refractivity contribution is -0.137. The molecule has 2 aromatic rings.